The Labute approximate surface area is 207 Å². The van der Waals surface area contributed by atoms with Crippen molar-refractivity contribution < 1.29 is 9.90 Å². The Morgan fingerprint density at radius 3 is 2.41 bits per heavy atom. The number of benzene rings is 1. The summed E-state index contributed by atoms with van der Waals surface area (Å²) in [7, 11) is 0. The molecule has 0 spiro atoms. The van der Waals surface area contributed by atoms with E-state index in [-0.39, 0.29) is 22.2 Å². The van der Waals surface area contributed by atoms with Gasteiger partial charge in [-0.2, -0.15) is 0 Å². The van der Waals surface area contributed by atoms with E-state index in [2.05, 4.69) is 40.4 Å². The number of hydrogen-bond donors (Lipinski definition) is 3. The molecule has 0 aliphatic carbocycles. The number of halogens is 2. The quantitative estimate of drug-likeness (QED) is 0.447. The second-order valence-corrected chi connectivity index (χ2v) is 8.50. The van der Waals surface area contributed by atoms with E-state index in [9.17, 15) is 4.79 Å². The van der Waals surface area contributed by atoms with Crippen molar-refractivity contribution >= 4 is 52.4 Å². The van der Waals surface area contributed by atoms with Gasteiger partial charge in [0.05, 0.1) is 40.3 Å². The van der Waals surface area contributed by atoms with Gasteiger partial charge in [0, 0.05) is 38.8 Å². The highest BCUT2D eigenvalue weighted by molar-refractivity contribution is 6.40. The summed E-state index contributed by atoms with van der Waals surface area (Å²) in [5.74, 6) is 1.89. The zero-order chi connectivity index (χ0) is 24.1. The highest BCUT2D eigenvalue weighted by Crippen LogP contribution is 2.25. The van der Waals surface area contributed by atoms with Crippen molar-refractivity contribution in [3.05, 3.63) is 58.1 Å². The summed E-state index contributed by atoms with van der Waals surface area (Å²) >= 11 is 12.2. The number of hydrogen-bond acceptors (Lipinski definition) is 9. The molecule has 178 valence electrons. The van der Waals surface area contributed by atoms with Crippen LogP contribution in [0.2, 0.25) is 10.0 Å². The monoisotopic (exact) mass is 502 g/mol. The normalized spacial score (nSPS) is 14.2. The number of carbonyl (C=O) groups excluding carboxylic acids is 1. The summed E-state index contributed by atoms with van der Waals surface area (Å²) in [5.41, 5.74) is 0.584. The van der Waals surface area contributed by atoms with Crippen LogP contribution in [0.1, 0.15) is 16.2 Å². The predicted molar refractivity (Wildman–Crippen MR) is 132 cm³/mol. The third-order valence-corrected chi connectivity index (χ3v) is 5.91. The Morgan fingerprint density at radius 1 is 1.09 bits per heavy atom. The summed E-state index contributed by atoms with van der Waals surface area (Å²) in [6.07, 6.45) is 2.96. The summed E-state index contributed by atoms with van der Waals surface area (Å²) in [6.45, 7) is 6.03. The first-order valence-electron chi connectivity index (χ1n) is 10.7. The smallest absolute Gasteiger partial charge is 0.258 e. The average Bonchev–Trinajstić information content (AvgIpc) is 2.81. The number of β-amino-alcohol motifs (C(OH)–C–C–N with tert-alkyl or cyclic N) is 1. The van der Waals surface area contributed by atoms with E-state index in [0.717, 1.165) is 32.0 Å². The molecule has 4 rings (SSSR count). The molecule has 12 heteroatoms. The van der Waals surface area contributed by atoms with Crippen LogP contribution in [0.25, 0.3) is 0 Å². The lowest BCUT2D eigenvalue weighted by Crippen LogP contribution is -2.47. The molecule has 0 bridgehead atoms. The van der Waals surface area contributed by atoms with Gasteiger partial charge in [-0.25, -0.2) is 19.9 Å². The zero-order valence-electron chi connectivity index (χ0n) is 18.5. The van der Waals surface area contributed by atoms with Crippen LogP contribution in [0, 0.1) is 6.92 Å². The molecule has 1 aliphatic rings. The lowest BCUT2D eigenvalue weighted by Gasteiger charge is -2.35. The number of aliphatic hydroxyl groups excluding tert-OH is 1. The van der Waals surface area contributed by atoms with Crippen molar-refractivity contribution in [1.29, 1.82) is 0 Å². The molecule has 1 fully saturated rings. The van der Waals surface area contributed by atoms with Crippen LogP contribution in [-0.4, -0.2) is 75.2 Å². The Kier molecular flexibility index (Phi) is 7.73. The molecule has 0 radical (unpaired) electrons. The van der Waals surface area contributed by atoms with E-state index in [1.807, 2.05) is 13.0 Å². The molecular weight excluding hydrogens is 479 g/mol. The number of nitrogens with one attached hydrogen (secondary N) is 2. The van der Waals surface area contributed by atoms with Gasteiger partial charge >= 0.3 is 0 Å². The summed E-state index contributed by atoms with van der Waals surface area (Å²) in [4.78, 5) is 34.4. The second-order valence-electron chi connectivity index (χ2n) is 7.68. The zero-order valence-corrected chi connectivity index (χ0v) is 20.0. The fraction of sp³-hybridized carbons (Fsp3) is 0.318. The molecule has 10 nitrogen and oxygen atoms in total. The minimum Gasteiger partial charge on any atom is -0.395 e. The summed E-state index contributed by atoms with van der Waals surface area (Å²) in [5, 5.41) is 15.4. The number of aryl methyl sites for hydroxylation is 1. The van der Waals surface area contributed by atoms with Crippen molar-refractivity contribution in [3.63, 3.8) is 0 Å². The van der Waals surface area contributed by atoms with Crippen molar-refractivity contribution in [2.24, 2.45) is 0 Å². The number of nitrogens with zero attached hydrogens (tertiary/aromatic N) is 6. The van der Waals surface area contributed by atoms with Crippen LogP contribution in [0.5, 0.6) is 0 Å². The molecule has 0 saturated carbocycles. The molecule has 1 saturated heterocycles. The molecule has 3 aromatic rings. The first-order chi connectivity index (χ1) is 16.4. The Morgan fingerprint density at radius 2 is 1.76 bits per heavy atom. The summed E-state index contributed by atoms with van der Waals surface area (Å²) in [6, 6.07) is 6.72. The van der Waals surface area contributed by atoms with Gasteiger partial charge in [0.1, 0.15) is 17.5 Å². The van der Waals surface area contributed by atoms with Crippen LogP contribution in [0.15, 0.2) is 36.7 Å². The predicted octanol–water partition coefficient (Wildman–Crippen LogP) is 2.99. The van der Waals surface area contributed by atoms with Crippen LogP contribution in [0.3, 0.4) is 0 Å². The number of rotatable bonds is 7. The fourth-order valence-electron chi connectivity index (χ4n) is 3.60. The van der Waals surface area contributed by atoms with E-state index < -0.39 is 5.91 Å². The third-order valence-electron chi connectivity index (χ3n) is 5.28. The Balaban J connectivity index is 1.41. The van der Waals surface area contributed by atoms with Crippen LogP contribution in [-0.2, 0) is 0 Å². The van der Waals surface area contributed by atoms with Crippen molar-refractivity contribution in [2.45, 2.75) is 6.92 Å². The first-order valence-corrected chi connectivity index (χ1v) is 11.5. The molecule has 0 unspecified atom stereocenters. The number of aromatic nitrogens is 4. The van der Waals surface area contributed by atoms with Crippen molar-refractivity contribution in [3.8, 4) is 0 Å². The number of carbonyl (C=O) groups is 1. The summed E-state index contributed by atoms with van der Waals surface area (Å²) < 4.78 is 0. The maximum Gasteiger partial charge on any atom is 0.258 e. The molecule has 1 amide bonds. The average molecular weight is 503 g/mol. The van der Waals surface area contributed by atoms with Gasteiger partial charge in [-0.1, -0.05) is 29.3 Å². The molecule has 2 aromatic heterocycles. The number of piperazine rings is 1. The molecule has 0 atom stereocenters. The highest BCUT2D eigenvalue weighted by atomic mass is 35.5. The Bertz CT molecular complexity index is 1130. The topological polar surface area (TPSA) is 119 Å². The van der Waals surface area contributed by atoms with Crippen LogP contribution >= 0.6 is 23.2 Å². The van der Waals surface area contributed by atoms with Gasteiger partial charge < -0.3 is 20.6 Å². The lowest BCUT2D eigenvalue weighted by atomic mass is 10.2. The molecule has 3 heterocycles. The molecular formula is C22H24Cl2N8O2. The highest BCUT2D eigenvalue weighted by Gasteiger charge is 2.19. The van der Waals surface area contributed by atoms with Crippen molar-refractivity contribution in [1.82, 2.24) is 24.8 Å². The largest absolute Gasteiger partial charge is 0.395 e. The van der Waals surface area contributed by atoms with Gasteiger partial charge in [0.15, 0.2) is 0 Å². The van der Waals surface area contributed by atoms with Gasteiger partial charge in [0.25, 0.3) is 5.91 Å². The van der Waals surface area contributed by atoms with Crippen LogP contribution < -0.4 is 15.5 Å². The van der Waals surface area contributed by atoms with Gasteiger partial charge in [-0.3, -0.25) is 9.69 Å². The maximum atomic E-state index is 12.5. The van der Waals surface area contributed by atoms with Crippen LogP contribution in [0.4, 0.5) is 23.3 Å². The third kappa shape index (κ3) is 5.89. The maximum absolute atomic E-state index is 12.5. The van der Waals surface area contributed by atoms with E-state index in [1.54, 1.807) is 18.2 Å². The Hall–Kier alpha value is -3.05. The molecule has 1 aromatic carbocycles. The minimum absolute atomic E-state index is 0.164. The van der Waals surface area contributed by atoms with Crippen molar-refractivity contribution in [2.75, 3.05) is 54.9 Å². The lowest BCUT2D eigenvalue weighted by molar-refractivity contribution is 0.102. The second kappa shape index (κ2) is 10.9. The van der Waals surface area contributed by atoms with Gasteiger partial charge in [0.2, 0.25) is 5.95 Å². The molecule has 3 N–H and O–H groups in total. The number of aliphatic hydroxyl groups is 1. The number of anilines is 4. The standard InChI is InChI=1S/C22H24Cl2N8O2/c1-14-27-18(11-19(28-14)32-7-5-31(6-8-32)9-10-33)30-22-25-12-15(13-26-22)29-21(34)20-16(23)3-2-4-17(20)24/h2-4,11-13,33H,5-10H2,1H3,(H,29,34)(H,25,26,27,28,30). The molecule has 34 heavy (non-hydrogen) atoms. The SMILES string of the molecule is Cc1nc(Nc2ncc(NC(=O)c3c(Cl)cccc3Cl)cn2)cc(N2CCN(CCO)CC2)n1. The van der Waals surface area contributed by atoms with E-state index >= 15 is 0 Å². The van der Waals surface area contributed by atoms with Gasteiger partial charge in [-0.15, -0.1) is 0 Å². The first kappa shape index (κ1) is 24.1. The van der Waals surface area contributed by atoms with E-state index in [1.165, 1.54) is 12.4 Å². The van der Waals surface area contributed by atoms with Gasteiger partial charge in [-0.05, 0) is 19.1 Å². The molecule has 1 aliphatic heterocycles. The van der Waals surface area contributed by atoms with E-state index in [4.69, 9.17) is 28.3 Å². The number of amides is 1. The minimum atomic E-state index is -0.449. The van der Waals surface area contributed by atoms with E-state index in [0.29, 0.717) is 29.8 Å². The fourth-order valence-corrected chi connectivity index (χ4v) is 4.17.